The lowest BCUT2D eigenvalue weighted by molar-refractivity contribution is -0.149. The van der Waals surface area contributed by atoms with Crippen molar-refractivity contribution in [1.29, 1.82) is 0 Å². The number of likely N-dealkylation sites (tertiary alicyclic amines) is 1. The summed E-state index contributed by atoms with van der Waals surface area (Å²) < 4.78 is 0. The van der Waals surface area contributed by atoms with Gasteiger partial charge in [0.05, 0.1) is 12.5 Å². The van der Waals surface area contributed by atoms with Gasteiger partial charge in [-0.25, -0.2) is 4.79 Å². The van der Waals surface area contributed by atoms with Gasteiger partial charge >= 0.3 is 11.9 Å². The number of carbonyl (C=O) groups is 5. The Labute approximate surface area is 185 Å². The van der Waals surface area contributed by atoms with Gasteiger partial charge in [0.25, 0.3) is 0 Å². The molecule has 0 radical (unpaired) electrons. The van der Waals surface area contributed by atoms with Gasteiger partial charge in [-0.3, -0.25) is 19.2 Å². The Hall–Kier alpha value is -2.38. The van der Waals surface area contributed by atoms with Crippen LogP contribution in [-0.4, -0.2) is 87.8 Å². The molecule has 1 aliphatic heterocycles. The van der Waals surface area contributed by atoms with Crippen molar-refractivity contribution in [2.75, 3.05) is 18.8 Å². The maximum Gasteiger partial charge on any atom is 0.326 e. The van der Waals surface area contributed by atoms with Crippen LogP contribution in [-0.2, 0) is 24.0 Å². The molecule has 1 fully saturated rings. The van der Waals surface area contributed by atoms with Crippen LogP contribution in [0.2, 0.25) is 0 Å². The minimum Gasteiger partial charge on any atom is -0.481 e. The summed E-state index contributed by atoms with van der Waals surface area (Å²) in [5, 5.41) is 23.2. The van der Waals surface area contributed by atoms with Crippen LogP contribution in [0.15, 0.2) is 0 Å². The number of nitrogens with two attached hydrogens (primary N) is 2. The van der Waals surface area contributed by atoms with Crippen molar-refractivity contribution in [1.82, 2.24) is 15.5 Å². The number of nitrogens with one attached hydrogen (secondary N) is 2. The number of hydrogen-bond acceptors (Lipinski definition) is 8. The molecular formula is C18H31N5O7S. The molecule has 1 heterocycles. The van der Waals surface area contributed by atoms with Crippen LogP contribution >= 0.6 is 12.6 Å². The molecule has 31 heavy (non-hydrogen) atoms. The molecule has 4 unspecified atom stereocenters. The largest absolute Gasteiger partial charge is 0.481 e. The molecule has 0 aromatic rings. The zero-order chi connectivity index (χ0) is 23.6. The van der Waals surface area contributed by atoms with Crippen LogP contribution in [0.25, 0.3) is 0 Å². The van der Waals surface area contributed by atoms with Crippen molar-refractivity contribution < 1.29 is 34.2 Å². The number of rotatable bonds is 13. The van der Waals surface area contributed by atoms with Gasteiger partial charge in [0.15, 0.2) is 0 Å². The van der Waals surface area contributed by atoms with Crippen LogP contribution in [0.3, 0.4) is 0 Å². The van der Waals surface area contributed by atoms with Crippen molar-refractivity contribution >= 4 is 42.3 Å². The maximum absolute atomic E-state index is 13.0. The number of unbranched alkanes of at least 4 members (excludes halogenated alkanes) is 1. The van der Waals surface area contributed by atoms with Crippen LogP contribution in [0.5, 0.6) is 0 Å². The van der Waals surface area contributed by atoms with E-state index in [9.17, 15) is 29.1 Å². The van der Waals surface area contributed by atoms with Crippen LogP contribution < -0.4 is 22.1 Å². The number of hydrogen-bond donors (Lipinski definition) is 7. The number of nitrogens with zero attached hydrogens (tertiary/aromatic N) is 1. The predicted molar refractivity (Wildman–Crippen MR) is 113 cm³/mol. The number of carboxylic acid groups (broad SMARTS) is 2. The zero-order valence-electron chi connectivity index (χ0n) is 17.2. The first-order valence-electron chi connectivity index (χ1n) is 10.0. The van der Waals surface area contributed by atoms with E-state index in [0.29, 0.717) is 32.2 Å². The first kappa shape index (κ1) is 26.7. The molecule has 0 aromatic heterocycles. The summed E-state index contributed by atoms with van der Waals surface area (Å²) in [4.78, 5) is 61.6. The lowest BCUT2D eigenvalue weighted by atomic mass is 10.1. The van der Waals surface area contributed by atoms with E-state index >= 15 is 0 Å². The summed E-state index contributed by atoms with van der Waals surface area (Å²) in [7, 11) is 0. The molecule has 3 amide bonds. The summed E-state index contributed by atoms with van der Waals surface area (Å²) in [6.45, 7) is 0.612. The molecule has 0 aliphatic carbocycles. The Morgan fingerprint density at radius 2 is 1.71 bits per heavy atom. The maximum atomic E-state index is 13.0. The Morgan fingerprint density at radius 3 is 2.26 bits per heavy atom. The van der Waals surface area contributed by atoms with Crippen LogP contribution in [0, 0.1) is 0 Å². The summed E-state index contributed by atoms with van der Waals surface area (Å²) in [5.74, 6) is -4.68. The molecule has 1 rings (SSSR count). The number of thiol groups is 1. The summed E-state index contributed by atoms with van der Waals surface area (Å²) in [6.07, 6.45) is 1.36. The molecule has 0 bridgehead atoms. The number of carbonyl (C=O) groups excluding carboxylic acids is 3. The Balaban J connectivity index is 2.99. The van der Waals surface area contributed by atoms with Gasteiger partial charge in [-0.05, 0) is 38.6 Å². The smallest absolute Gasteiger partial charge is 0.326 e. The Morgan fingerprint density at radius 1 is 1.06 bits per heavy atom. The second kappa shape index (κ2) is 13.1. The van der Waals surface area contributed by atoms with E-state index < -0.39 is 60.2 Å². The topological polar surface area (TPSA) is 205 Å². The third kappa shape index (κ3) is 8.34. The van der Waals surface area contributed by atoms with Gasteiger partial charge in [0.2, 0.25) is 17.7 Å². The second-order valence-electron chi connectivity index (χ2n) is 7.32. The van der Waals surface area contributed by atoms with Gasteiger partial charge in [-0.2, -0.15) is 12.6 Å². The minimum atomic E-state index is -1.46. The molecule has 1 aliphatic rings. The monoisotopic (exact) mass is 461 g/mol. The normalized spacial score (nSPS) is 18.7. The van der Waals surface area contributed by atoms with Gasteiger partial charge in [0.1, 0.15) is 18.1 Å². The minimum absolute atomic E-state index is 0.0149. The van der Waals surface area contributed by atoms with Crippen molar-refractivity contribution in [2.45, 2.75) is 62.7 Å². The van der Waals surface area contributed by atoms with Crippen LogP contribution in [0.4, 0.5) is 0 Å². The SMILES string of the molecule is NCCCCC(NC(=O)C(CC(=O)O)NC(=O)C(N)CS)C(=O)N1CCCC1C(=O)O. The van der Waals surface area contributed by atoms with Crippen molar-refractivity contribution in [3.05, 3.63) is 0 Å². The van der Waals surface area contributed by atoms with Crippen molar-refractivity contribution in [2.24, 2.45) is 11.5 Å². The van der Waals surface area contributed by atoms with E-state index in [0.717, 1.165) is 0 Å². The Kier molecular flexibility index (Phi) is 11.3. The van der Waals surface area contributed by atoms with E-state index in [-0.39, 0.29) is 18.7 Å². The quantitative estimate of drug-likeness (QED) is 0.118. The highest BCUT2D eigenvalue weighted by Crippen LogP contribution is 2.20. The highest BCUT2D eigenvalue weighted by molar-refractivity contribution is 7.80. The summed E-state index contributed by atoms with van der Waals surface area (Å²) in [6, 6.07) is -4.57. The molecule has 1 saturated heterocycles. The van der Waals surface area contributed by atoms with E-state index in [1.807, 2.05) is 0 Å². The zero-order valence-corrected chi connectivity index (χ0v) is 18.1. The molecular weight excluding hydrogens is 430 g/mol. The average Bonchev–Trinajstić information content (AvgIpc) is 3.21. The molecule has 0 saturated carbocycles. The molecule has 8 N–H and O–H groups in total. The van der Waals surface area contributed by atoms with Crippen molar-refractivity contribution in [3.8, 4) is 0 Å². The van der Waals surface area contributed by atoms with E-state index in [2.05, 4.69) is 23.3 Å². The third-order valence-electron chi connectivity index (χ3n) is 4.93. The summed E-state index contributed by atoms with van der Waals surface area (Å²) in [5.41, 5.74) is 11.0. The van der Waals surface area contributed by atoms with Gasteiger partial charge in [-0.1, -0.05) is 0 Å². The number of aliphatic carboxylic acids is 2. The molecule has 4 atom stereocenters. The molecule has 0 aromatic carbocycles. The summed E-state index contributed by atoms with van der Waals surface area (Å²) >= 11 is 3.89. The molecule has 12 nitrogen and oxygen atoms in total. The van der Waals surface area contributed by atoms with Gasteiger partial charge in [-0.15, -0.1) is 0 Å². The highest BCUT2D eigenvalue weighted by Gasteiger charge is 2.38. The lowest BCUT2D eigenvalue weighted by Gasteiger charge is -2.28. The first-order valence-corrected chi connectivity index (χ1v) is 10.7. The highest BCUT2D eigenvalue weighted by atomic mass is 32.1. The number of carboxylic acids is 2. The number of amides is 3. The lowest BCUT2D eigenvalue weighted by Crippen LogP contribution is -2.57. The standard InChI is InChI=1S/C18H31N5O7S/c19-6-2-1-4-11(17(28)23-7-3-5-13(23)18(29)30)21-16(27)12(8-14(24)25)22-15(26)10(20)9-31/h10-13,31H,1-9,19-20H2,(H,21,27)(H,22,26)(H,24,25)(H,29,30). The molecule has 13 heteroatoms. The third-order valence-corrected chi connectivity index (χ3v) is 5.32. The molecule has 176 valence electrons. The van der Waals surface area contributed by atoms with E-state index in [1.54, 1.807) is 0 Å². The van der Waals surface area contributed by atoms with Gasteiger partial charge in [0, 0.05) is 12.3 Å². The van der Waals surface area contributed by atoms with Crippen LogP contribution in [0.1, 0.15) is 38.5 Å². The fourth-order valence-corrected chi connectivity index (χ4v) is 3.42. The predicted octanol–water partition coefficient (Wildman–Crippen LogP) is -2.11. The fourth-order valence-electron chi connectivity index (χ4n) is 3.26. The van der Waals surface area contributed by atoms with E-state index in [1.165, 1.54) is 4.90 Å². The first-order chi connectivity index (χ1) is 14.6. The van der Waals surface area contributed by atoms with E-state index in [4.69, 9.17) is 16.6 Å². The fraction of sp³-hybridized carbons (Fsp3) is 0.722. The molecule has 0 spiro atoms. The Bertz CT molecular complexity index is 678. The second-order valence-corrected chi connectivity index (χ2v) is 7.69. The average molecular weight is 462 g/mol. The van der Waals surface area contributed by atoms with Crippen molar-refractivity contribution in [3.63, 3.8) is 0 Å². The van der Waals surface area contributed by atoms with Gasteiger partial charge < -0.3 is 37.2 Å².